The number of hydrogen-bond donors (Lipinski definition) is 0. The Morgan fingerprint density at radius 3 is 1.76 bits per heavy atom. The summed E-state index contributed by atoms with van der Waals surface area (Å²) in [5.41, 5.74) is 4.17. The van der Waals surface area contributed by atoms with Gasteiger partial charge in [-0.05, 0) is 46.3 Å². The smallest absolute Gasteiger partial charge is 0.197 e. The average Bonchev–Trinajstić information content (AvgIpc) is 3.10. The number of nitrogens with zero attached hydrogens (tertiary/aromatic N) is 2. The fourth-order valence-electron chi connectivity index (χ4n) is 5.10. The molecule has 6 rings (SSSR count). The molecule has 0 N–H and O–H groups in total. The second-order valence-corrected chi connectivity index (χ2v) is 13.5. The summed E-state index contributed by atoms with van der Waals surface area (Å²) in [6, 6.07) is 28.0. The van der Waals surface area contributed by atoms with Gasteiger partial charge < -0.3 is 0 Å². The highest BCUT2D eigenvalue weighted by atomic mass is 28.3. The van der Waals surface area contributed by atoms with Crippen LogP contribution >= 0.6 is 0 Å². The maximum atomic E-state index is 12.7. The monoisotopic (exact) mass is 458 g/mol. The van der Waals surface area contributed by atoms with Crippen LogP contribution in [0.1, 0.15) is 26.3 Å². The molecule has 4 aromatic rings. The first-order valence-corrected chi connectivity index (χ1v) is 14.3. The molecule has 164 valence electrons. The van der Waals surface area contributed by atoms with Crippen molar-refractivity contribution in [3.8, 4) is 0 Å². The molecule has 0 saturated carbocycles. The minimum atomic E-state index is -1.84. The lowest BCUT2D eigenvalue weighted by molar-refractivity contribution is 0.0990. The minimum absolute atomic E-state index is 0.192. The van der Waals surface area contributed by atoms with Gasteiger partial charge in [0.1, 0.15) is 13.9 Å². The highest BCUT2D eigenvalue weighted by Crippen LogP contribution is 2.37. The minimum Gasteiger partial charge on any atom is -0.295 e. The van der Waals surface area contributed by atoms with Crippen LogP contribution in [0.15, 0.2) is 96.7 Å². The van der Waals surface area contributed by atoms with Gasteiger partial charge in [0.2, 0.25) is 0 Å². The number of hydrogen-bond acceptors (Lipinski definition) is 4. The van der Waals surface area contributed by atoms with E-state index in [4.69, 9.17) is 4.98 Å². The summed E-state index contributed by atoms with van der Waals surface area (Å²) in [6.45, 7) is 4.77. The predicted octanol–water partition coefficient (Wildman–Crippen LogP) is 5.15. The number of rotatable bonds is 2. The normalized spacial score (nSPS) is 15.6. The zero-order valence-corrected chi connectivity index (χ0v) is 19.9. The molecular weight excluding hydrogens is 436 g/mol. The number of carbonyl (C=O) groups excluding carboxylic acids is 2. The van der Waals surface area contributed by atoms with Gasteiger partial charge >= 0.3 is 0 Å². The first kappa shape index (κ1) is 20.5. The zero-order chi connectivity index (χ0) is 23.4. The Morgan fingerprint density at radius 2 is 1.24 bits per heavy atom. The third-order valence-electron chi connectivity index (χ3n) is 6.85. The molecule has 0 bridgehead atoms. The Hall–Kier alpha value is -4.09. The second-order valence-electron chi connectivity index (χ2n) is 9.21. The lowest BCUT2D eigenvalue weighted by Gasteiger charge is -2.40. The molecule has 2 aliphatic rings. The fourth-order valence-corrected chi connectivity index (χ4v) is 8.09. The molecule has 1 aliphatic carbocycles. The van der Waals surface area contributed by atoms with E-state index in [1.165, 1.54) is 10.4 Å². The Kier molecular flexibility index (Phi) is 4.50. The summed E-state index contributed by atoms with van der Waals surface area (Å²) in [5.74, 6) is 0.352. The summed E-state index contributed by atoms with van der Waals surface area (Å²) < 4.78 is 0. The molecule has 0 fully saturated rings. The topological polar surface area (TPSA) is 50.3 Å². The number of benzene rings is 3. The molecule has 5 heteroatoms. The zero-order valence-electron chi connectivity index (χ0n) is 18.9. The van der Waals surface area contributed by atoms with Crippen LogP contribution in [-0.4, -0.2) is 24.6 Å². The van der Waals surface area contributed by atoms with E-state index < -0.39 is 8.07 Å². The average molecular weight is 459 g/mol. The van der Waals surface area contributed by atoms with E-state index >= 15 is 0 Å². The first-order chi connectivity index (χ1) is 16.5. The van der Waals surface area contributed by atoms with Crippen LogP contribution in [0.2, 0.25) is 13.1 Å². The van der Waals surface area contributed by atoms with E-state index in [-0.39, 0.29) is 17.1 Å². The van der Waals surface area contributed by atoms with Crippen molar-refractivity contribution in [2.24, 2.45) is 0 Å². The van der Waals surface area contributed by atoms with Crippen molar-refractivity contribution in [3.05, 3.63) is 113 Å². The number of aromatic nitrogens is 1. The number of carbonyl (C=O) groups is 2. The van der Waals surface area contributed by atoms with Gasteiger partial charge in [-0.1, -0.05) is 73.8 Å². The number of pyridine rings is 1. The molecule has 0 atom stereocenters. The number of Topliss-reactive ketones (excluding diaryl/α,β-unsaturated/α-hetero) is 2. The molecular formula is C29H22N2O2Si. The van der Waals surface area contributed by atoms with Gasteiger partial charge in [-0.15, -0.1) is 0 Å². The van der Waals surface area contributed by atoms with Gasteiger partial charge in [0.05, 0.1) is 5.57 Å². The Labute approximate surface area is 199 Å². The van der Waals surface area contributed by atoms with E-state index in [0.29, 0.717) is 11.1 Å². The SMILES string of the molecule is C[Si]1(C)c2ccccc2N(c2ccc(C=C3C(=O)c4ccccc4C3=O)cn2)c2ccccc21. The van der Waals surface area contributed by atoms with Crippen LogP contribution in [0.25, 0.3) is 6.08 Å². The van der Waals surface area contributed by atoms with E-state index in [9.17, 15) is 9.59 Å². The quantitative estimate of drug-likeness (QED) is 0.237. The van der Waals surface area contributed by atoms with E-state index in [1.807, 2.05) is 12.1 Å². The number of anilines is 3. The molecule has 1 aliphatic heterocycles. The molecule has 0 unspecified atom stereocenters. The van der Waals surface area contributed by atoms with E-state index in [0.717, 1.165) is 22.8 Å². The van der Waals surface area contributed by atoms with E-state index in [1.54, 1.807) is 36.5 Å². The van der Waals surface area contributed by atoms with Crippen LogP contribution in [-0.2, 0) is 0 Å². The third kappa shape index (κ3) is 2.94. The Morgan fingerprint density at radius 1 is 0.706 bits per heavy atom. The van der Waals surface area contributed by atoms with Crippen molar-refractivity contribution >= 4 is 53.3 Å². The van der Waals surface area contributed by atoms with Gasteiger partial charge in [-0.2, -0.15) is 0 Å². The van der Waals surface area contributed by atoms with Crippen LogP contribution in [0.4, 0.5) is 17.2 Å². The molecule has 0 radical (unpaired) electrons. The molecule has 4 nitrogen and oxygen atoms in total. The molecule has 2 heterocycles. The van der Waals surface area contributed by atoms with Crippen LogP contribution < -0.4 is 15.3 Å². The third-order valence-corrected chi connectivity index (χ3v) is 10.4. The number of ketones is 2. The van der Waals surface area contributed by atoms with Gasteiger partial charge in [0.25, 0.3) is 0 Å². The van der Waals surface area contributed by atoms with Crippen molar-refractivity contribution in [1.82, 2.24) is 4.98 Å². The summed E-state index contributed by atoms with van der Waals surface area (Å²) in [7, 11) is -1.84. The molecule has 3 aromatic carbocycles. The highest BCUT2D eigenvalue weighted by molar-refractivity contribution is 7.02. The van der Waals surface area contributed by atoms with Gasteiger partial charge in [-0.3, -0.25) is 14.5 Å². The van der Waals surface area contributed by atoms with Gasteiger partial charge in [0.15, 0.2) is 11.6 Å². The lowest BCUT2D eigenvalue weighted by atomic mass is 10.1. The fraction of sp³-hybridized carbons (Fsp3) is 0.0690. The number of allylic oxidation sites excluding steroid dienone is 1. The molecule has 34 heavy (non-hydrogen) atoms. The van der Waals surface area contributed by atoms with Gasteiger partial charge in [-0.25, -0.2) is 4.98 Å². The Bertz CT molecular complexity index is 1430. The number of para-hydroxylation sites is 2. The van der Waals surface area contributed by atoms with Crippen molar-refractivity contribution < 1.29 is 9.59 Å². The van der Waals surface area contributed by atoms with Crippen molar-refractivity contribution in [1.29, 1.82) is 0 Å². The van der Waals surface area contributed by atoms with Gasteiger partial charge in [0, 0.05) is 28.7 Å². The van der Waals surface area contributed by atoms with Crippen LogP contribution in [0.5, 0.6) is 0 Å². The first-order valence-electron chi connectivity index (χ1n) is 11.3. The molecule has 0 spiro atoms. The van der Waals surface area contributed by atoms with Crippen LogP contribution in [0, 0.1) is 0 Å². The predicted molar refractivity (Wildman–Crippen MR) is 139 cm³/mol. The van der Waals surface area contributed by atoms with Crippen molar-refractivity contribution in [2.75, 3.05) is 4.90 Å². The summed E-state index contributed by atoms with van der Waals surface area (Å²) >= 11 is 0. The molecule has 0 amide bonds. The van der Waals surface area contributed by atoms with Crippen molar-refractivity contribution in [3.63, 3.8) is 0 Å². The molecule has 1 aromatic heterocycles. The van der Waals surface area contributed by atoms with Crippen LogP contribution in [0.3, 0.4) is 0 Å². The summed E-state index contributed by atoms with van der Waals surface area (Å²) in [6.07, 6.45) is 3.38. The lowest BCUT2D eigenvalue weighted by Crippen LogP contribution is -2.58. The maximum Gasteiger partial charge on any atom is 0.197 e. The highest BCUT2D eigenvalue weighted by Gasteiger charge is 2.38. The number of fused-ring (bicyclic) bond motifs is 3. The Balaban J connectivity index is 1.41. The largest absolute Gasteiger partial charge is 0.295 e. The molecule has 0 saturated heterocycles. The second kappa shape index (κ2) is 7.47. The van der Waals surface area contributed by atoms with Crippen molar-refractivity contribution in [2.45, 2.75) is 13.1 Å². The standard InChI is InChI=1S/C29H22N2O2Si/c1-34(2)25-13-7-5-11-23(25)31(24-12-6-8-14-26(24)34)27-16-15-19(18-30-27)17-22-28(32)20-9-3-4-10-21(20)29(22)33/h3-18H,1-2H3. The van der Waals surface area contributed by atoms with E-state index in [2.05, 4.69) is 66.5 Å². The summed E-state index contributed by atoms with van der Waals surface area (Å²) in [4.78, 5) is 32.5. The maximum absolute atomic E-state index is 12.7. The summed E-state index contributed by atoms with van der Waals surface area (Å²) in [5, 5.41) is 2.75.